The van der Waals surface area contributed by atoms with E-state index in [0.717, 1.165) is 41.2 Å². The summed E-state index contributed by atoms with van der Waals surface area (Å²) in [5.74, 6) is 0.737. The molecular weight excluding hydrogens is 417 g/mol. The molecule has 1 N–H and O–H groups in total. The summed E-state index contributed by atoms with van der Waals surface area (Å²) in [6, 6.07) is 7.54. The molecule has 6 nitrogen and oxygen atoms in total. The molecule has 2 aromatic heterocycles. The second-order valence-corrected chi connectivity index (χ2v) is 8.34. The standard InChI is InChI=1S/C20H21F3N4O2S/c1-3-27-15-7-5-4-6-14(15)26-17(27)12-8-13(12)18(28)25-11(2)16-9-24-19(30-16)29-10-20(21,22)23/h4-7,9,11-13H,3,8,10H2,1-2H3,(H,25,28)/t11?,12-,13-/m0/s1. The minimum Gasteiger partial charge on any atom is -0.460 e. The predicted octanol–water partition coefficient (Wildman–Crippen LogP) is 4.43. The van der Waals surface area contributed by atoms with Crippen LogP contribution in [0.25, 0.3) is 11.0 Å². The Bertz CT molecular complexity index is 1060. The zero-order valence-electron chi connectivity index (χ0n) is 16.4. The molecule has 3 atom stereocenters. The number of amides is 1. The van der Waals surface area contributed by atoms with Gasteiger partial charge in [0.05, 0.1) is 22.0 Å². The van der Waals surface area contributed by atoms with Gasteiger partial charge in [0, 0.05) is 24.6 Å². The topological polar surface area (TPSA) is 69.0 Å². The lowest BCUT2D eigenvalue weighted by Gasteiger charge is -2.12. The molecule has 0 spiro atoms. The van der Waals surface area contributed by atoms with Crippen LogP contribution in [0.2, 0.25) is 0 Å². The van der Waals surface area contributed by atoms with E-state index in [1.807, 2.05) is 24.3 Å². The molecule has 4 rings (SSSR count). The summed E-state index contributed by atoms with van der Waals surface area (Å²) >= 11 is 0.997. The smallest absolute Gasteiger partial charge is 0.422 e. The van der Waals surface area contributed by atoms with Gasteiger partial charge in [-0.3, -0.25) is 4.79 Å². The molecule has 1 saturated carbocycles. The molecule has 3 aromatic rings. The van der Waals surface area contributed by atoms with Crippen molar-refractivity contribution in [2.24, 2.45) is 5.92 Å². The number of halogens is 3. The Morgan fingerprint density at radius 1 is 1.40 bits per heavy atom. The molecule has 10 heteroatoms. The maximum absolute atomic E-state index is 12.7. The van der Waals surface area contributed by atoms with E-state index in [1.165, 1.54) is 6.20 Å². The zero-order valence-corrected chi connectivity index (χ0v) is 17.3. The lowest BCUT2D eigenvalue weighted by atomic mass is 10.2. The fourth-order valence-corrected chi connectivity index (χ4v) is 4.32. The third kappa shape index (κ3) is 4.28. The van der Waals surface area contributed by atoms with Crippen molar-refractivity contribution in [1.82, 2.24) is 19.9 Å². The normalized spacial score (nSPS) is 19.6. The maximum Gasteiger partial charge on any atom is 0.422 e. The highest BCUT2D eigenvalue weighted by molar-refractivity contribution is 7.13. The van der Waals surface area contributed by atoms with Crippen LogP contribution in [0.3, 0.4) is 0 Å². The maximum atomic E-state index is 12.7. The van der Waals surface area contributed by atoms with Crippen molar-refractivity contribution in [2.75, 3.05) is 6.61 Å². The number of nitrogens with one attached hydrogen (secondary N) is 1. The van der Waals surface area contributed by atoms with Crippen LogP contribution in [0.1, 0.15) is 42.9 Å². The highest BCUT2D eigenvalue weighted by atomic mass is 32.1. The van der Waals surface area contributed by atoms with E-state index >= 15 is 0 Å². The van der Waals surface area contributed by atoms with E-state index < -0.39 is 12.8 Å². The molecule has 0 aliphatic heterocycles. The van der Waals surface area contributed by atoms with E-state index in [9.17, 15) is 18.0 Å². The Balaban J connectivity index is 1.38. The number of alkyl halides is 3. The SMILES string of the molecule is CCn1c([C@H]2C[C@@H]2C(=O)NC(C)c2cnc(OCC(F)(F)F)s2)nc2ccccc21. The summed E-state index contributed by atoms with van der Waals surface area (Å²) in [6.07, 6.45) is -2.26. The number of hydrogen-bond acceptors (Lipinski definition) is 5. The van der Waals surface area contributed by atoms with Crippen LogP contribution in [-0.4, -0.2) is 33.2 Å². The minimum absolute atomic E-state index is 0.0654. The lowest BCUT2D eigenvalue weighted by Crippen LogP contribution is -2.28. The summed E-state index contributed by atoms with van der Waals surface area (Å²) < 4.78 is 43.6. The average molecular weight is 438 g/mol. The first-order valence-electron chi connectivity index (χ1n) is 9.67. The first-order chi connectivity index (χ1) is 14.3. The van der Waals surface area contributed by atoms with Crippen LogP contribution < -0.4 is 10.1 Å². The third-order valence-corrected chi connectivity index (χ3v) is 6.20. The number of nitrogens with zero attached hydrogens (tertiary/aromatic N) is 3. The van der Waals surface area contributed by atoms with E-state index in [0.29, 0.717) is 4.88 Å². The van der Waals surface area contributed by atoms with Crippen molar-refractivity contribution >= 4 is 28.3 Å². The molecule has 1 amide bonds. The van der Waals surface area contributed by atoms with E-state index in [2.05, 4.69) is 26.5 Å². The van der Waals surface area contributed by atoms with Crippen LogP contribution >= 0.6 is 11.3 Å². The molecular formula is C20H21F3N4O2S. The second-order valence-electron chi connectivity index (χ2n) is 7.31. The van der Waals surface area contributed by atoms with Crippen molar-refractivity contribution in [3.63, 3.8) is 0 Å². The van der Waals surface area contributed by atoms with Crippen LogP contribution in [0, 0.1) is 5.92 Å². The lowest BCUT2D eigenvalue weighted by molar-refractivity contribution is -0.153. The Hall–Kier alpha value is -2.62. The van der Waals surface area contributed by atoms with Gasteiger partial charge in [-0.1, -0.05) is 23.5 Å². The van der Waals surface area contributed by atoms with Crippen molar-refractivity contribution in [1.29, 1.82) is 0 Å². The monoisotopic (exact) mass is 438 g/mol. The average Bonchev–Trinajstić information content (AvgIpc) is 3.19. The molecule has 0 radical (unpaired) electrons. The number of para-hydroxylation sites is 2. The molecule has 0 saturated heterocycles. The molecule has 0 bridgehead atoms. The number of carbonyl (C=O) groups is 1. The zero-order chi connectivity index (χ0) is 21.5. The van der Waals surface area contributed by atoms with Crippen molar-refractivity contribution in [3.05, 3.63) is 41.2 Å². The molecule has 30 heavy (non-hydrogen) atoms. The van der Waals surface area contributed by atoms with Crippen molar-refractivity contribution in [3.8, 4) is 5.19 Å². The quantitative estimate of drug-likeness (QED) is 0.592. The summed E-state index contributed by atoms with van der Waals surface area (Å²) in [5, 5.41) is 2.87. The highest BCUT2D eigenvalue weighted by Gasteiger charge is 2.47. The van der Waals surface area contributed by atoms with Crippen molar-refractivity contribution in [2.45, 2.75) is 44.9 Å². The first kappa shape index (κ1) is 20.6. The summed E-state index contributed by atoms with van der Waals surface area (Å²) in [7, 11) is 0. The third-order valence-electron chi connectivity index (χ3n) is 5.11. The second kappa shape index (κ2) is 7.90. The van der Waals surface area contributed by atoms with Gasteiger partial charge in [0.25, 0.3) is 5.19 Å². The fourth-order valence-electron chi connectivity index (χ4n) is 3.55. The molecule has 1 unspecified atom stereocenters. The Morgan fingerprint density at radius 2 is 2.17 bits per heavy atom. The van der Waals surface area contributed by atoms with Crippen LogP contribution in [0.4, 0.5) is 13.2 Å². The molecule has 160 valence electrons. The number of ether oxygens (including phenoxy) is 1. The number of rotatable bonds is 7. The number of fused-ring (bicyclic) bond motifs is 1. The Labute approximate surface area is 175 Å². The van der Waals surface area contributed by atoms with Gasteiger partial charge in [-0.05, 0) is 32.4 Å². The molecule has 1 aliphatic carbocycles. The summed E-state index contributed by atoms with van der Waals surface area (Å²) in [5.41, 5.74) is 1.98. The number of hydrogen-bond donors (Lipinski definition) is 1. The minimum atomic E-state index is -4.42. The summed E-state index contributed by atoms with van der Waals surface area (Å²) in [6.45, 7) is 3.22. The van der Waals surface area contributed by atoms with Gasteiger partial charge in [0.15, 0.2) is 6.61 Å². The van der Waals surface area contributed by atoms with Gasteiger partial charge in [-0.15, -0.1) is 0 Å². The Kier molecular flexibility index (Phi) is 5.44. The molecule has 2 heterocycles. The fraction of sp³-hybridized carbons (Fsp3) is 0.450. The van der Waals surface area contributed by atoms with Gasteiger partial charge in [0.2, 0.25) is 5.91 Å². The first-order valence-corrected chi connectivity index (χ1v) is 10.5. The van der Waals surface area contributed by atoms with Crippen LogP contribution in [0.5, 0.6) is 5.19 Å². The molecule has 1 fully saturated rings. The number of aryl methyl sites for hydroxylation is 1. The van der Waals surface area contributed by atoms with Gasteiger partial charge >= 0.3 is 6.18 Å². The van der Waals surface area contributed by atoms with Gasteiger partial charge in [-0.2, -0.15) is 13.2 Å². The Morgan fingerprint density at radius 3 is 2.90 bits per heavy atom. The number of aromatic nitrogens is 3. The van der Waals surface area contributed by atoms with E-state index in [4.69, 9.17) is 4.98 Å². The number of benzene rings is 1. The van der Waals surface area contributed by atoms with E-state index in [-0.39, 0.29) is 29.0 Å². The molecule has 1 aliphatic rings. The molecule has 1 aromatic carbocycles. The summed E-state index contributed by atoms with van der Waals surface area (Å²) in [4.78, 5) is 21.9. The van der Waals surface area contributed by atoms with Gasteiger partial charge in [-0.25, -0.2) is 9.97 Å². The van der Waals surface area contributed by atoms with Crippen LogP contribution in [-0.2, 0) is 11.3 Å². The number of carbonyl (C=O) groups excluding carboxylic acids is 1. The number of thiazole rings is 1. The number of imidazole rings is 1. The van der Waals surface area contributed by atoms with E-state index in [1.54, 1.807) is 6.92 Å². The highest BCUT2D eigenvalue weighted by Crippen LogP contribution is 2.48. The van der Waals surface area contributed by atoms with Gasteiger partial charge in [0.1, 0.15) is 5.82 Å². The van der Waals surface area contributed by atoms with Crippen LogP contribution in [0.15, 0.2) is 30.5 Å². The van der Waals surface area contributed by atoms with Gasteiger partial charge < -0.3 is 14.6 Å². The predicted molar refractivity (Wildman–Crippen MR) is 106 cm³/mol. The largest absolute Gasteiger partial charge is 0.460 e. The van der Waals surface area contributed by atoms with Crippen molar-refractivity contribution < 1.29 is 22.7 Å².